The average Bonchev–Trinajstić information content (AvgIpc) is 3.25. The number of esters is 1. The molecule has 1 fully saturated rings. The first-order valence-electron chi connectivity index (χ1n) is 8.29. The largest absolute Gasteiger partial charge is 0.505 e. The van der Waals surface area contributed by atoms with Crippen LogP contribution < -0.4 is 10.3 Å². The molecule has 0 atom stereocenters. The fraction of sp³-hybridized carbons (Fsp3) is 0.333. The Labute approximate surface area is 157 Å². The highest BCUT2D eigenvalue weighted by atomic mass is 32.1. The molecular weight excluding hydrogens is 374 g/mol. The summed E-state index contributed by atoms with van der Waals surface area (Å²) >= 11 is 2.38. The fourth-order valence-corrected chi connectivity index (χ4v) is 4.95. The van der Waals surface area contributed by atoms with Gasteiger partial charge in [-0.25, -0.2) is 4.79 Å². The van der Waals surface area contributed by atoms with Crippen LogP contribution in [0.25, 0.3) is 21.4 Å². The second-order valence-corrected chi connectivity index (χ2v) is 7.88. The molecule has 1 N–H and O–H groups in total. The molecule has 0 unspecified atom stereocenters. The van der Waals surface area contributed by atoms with Crippen LogP contribution in [0.2, 0.25) is 0 Å². The zero-order valence-corrected chi connectivity index (χ0v) is 15.7. The summed E-state index contributed by atoms with van der Waals surface area (Å²) in [4.78, 5) is 26.5. The second kappa shape index (κ2) is 6.77. The van der Waals surface area contributed by atoms with Crippen LogP contribution in [-0.2, 0) is 4.74 Å². The van der Waals surface area contributed by atoms with Gasteiger partial charge in [-0.15, -0.1) is 22.7 Å². The Balaban J connectivity index is 1.84. The van der Waals surface area contributed by atoms with Gasteiger partial charge < -0.3 is 19.2 Å². The first kappa shape index (κ1) is 17.1. The summed E-state index contributed by atoms with van der Waals surface area (Å²) in [6.07, 6.45) is 3.34. The highest BCUT2D eigenvalue weighted by molar-refractivity contribution is 7.17. The van der Waals surface area contributed by atoms with Crippen LogP contribution in [0, 0.1) is 0 Å². The van der Waals surface area contributed by atoms with Crippen LogP contribution in [0.15, 0.2) is 26.0 Å². The molecular formula is C18H17NO5S2. The number of thiophene rings is 2. The number of anilines is 1. The van der Waals surface area contributed by atoms with Crippen molar-refractivity contribution in [1.82, 2.24) is 0 Å². The predicted molar refractivity (Wildman–Crippen MR) is 103 cm³/mol. The fourth-order valence-electron chi connectivity index (χ4n) is 3.17. The molecule has 0 amide bonds. The molecule has 8 heteroatoms. The second-order valence-electron chi connectivity index (χ2n) is 6.12. The van der Waals surface area contributed by atoms with Gasteiger partial charge in [-0.3, -0.25) is 4.79 Å². The van der Waals surface area contributed by atoms with Crippen molar-refractivity contribution in [2.45, 2.75) is 19.3 Å². The Bertz CT molecular complexity index is 1030. The van der Waals surface area contributed by atoms with Crippen LogP contribution in [-0.4, -0.2) is 31.3 Å². The predicted octanol–water partition coefficient (Wildman–Crippen LogP) is 4.07. The van der Waals surface area contributed by atoms with Crippen LogP contribution in [0.5, 0.6) is 5.75 Å². The summed E-state index contributed by atoms with van der Waals surface area (Å²) in [5.74, 6) is -0.175. The summed E-state index contributed by atoms with van der Waals surface area (Å²) in [5.41, 5.74) is 1.45. The number of nitrogens with zero attached hydrogens (tertiary/aromatic N) is 1. The van der Waals surface area contributed by atoms with E-state index in [1.165, 1.54) is 24.9 Å². The molecule has 3 aromatic rings. The number of ether oxygens (including phenoxy) is 1. The van der Waals surface area contributed by atoms with Gasteiger partial charge in [0, 0.05) is 41.0 Å². The van der Waals surface area contributed by atoms with Crippen molar-refractivity contribution in [1.29, 1.82) is 0 Å². The van der Waals surface area contributed by atoms with Crippen LogP contribution in [0.1, 0.15) is 28.9 Å². The monoisotopic (exact) mass is 391 g/mol. The van der Waals surface area contributed by atoms with Crippen molar-refractivity contribution in [3.05, 3.63) is 31.9 Å². The molecule has 0 aromatic carbocycles. The minimum absolute atomic E-state index is 0.0917. The molecule has 0 bridgehead atoms. The van der Waals surface area contributed by atoms with E-state index < -0.39 is 5.97 Å². The zero-order chi connectivity index (χ0) is 18.3. The minimum atomic E-state index is -0.589. The third-order valence-corrected chi connectivity index (χ3v) is 6.45. The highest BCUT2D eigenvalue weighted by Crippen LogP contribution is 2.43. The molecule has 1 aliphatic heterocycles. The number of carbonyl (C=O) groups is 1. The summed E-state index contributed by atoms with van der Waals surface area (Å²) in [5, 5.41) is 13.9. The molecule has 1 saturated heterocycles. The molecule has 26 heavy (non-hydrogen) atoms. The van der Waals surface area contributed by atoms with Gasteiger partial charge in [-0.1, -0.05) is 0 Å². The van der Waals surface area contributed by atoms with Gasteiger partial charge in [-0.05, 0) is 19.3 Å². The first-order chi connectivity index (χ1) is 12.6. The molecule has 0 aliphatic carbocycles. The maximum atomic E-state index is 12.5. The topological polar surface area (TPSA) is 80.0 Å². The van der Waals surface area contributed by atoms with E-state index in [-0.39, 0.29) is 16.1 Å². The van der Waals surface area contributed by atoms with E-state index in [0.29, 0.717) is 27.3 Å². The SMILES string of the molecule is COC(=O)c1scc(-c2csc3c(=O)cc(N4CCCCC4)oc23)c1O. The maximum Gasteiger partial charge on any atom is 0.351 e. The first-order valence-corrected chi connectivity index (χ1v) is 10.1. The lowest BCUT2D eigenvalue weighted by atomic mass is 10.1. The van der Waals surface area contributed by atoms with Crippen molar-refractivity contribution >= 4 is 44.8 Å². The van der Waals surface area contributed by atoms with Crippen molar-refractivity contribution in [3.8, 4) is 16.9 Å². The van der Waals surface area contributed by atoms with Gasteiger partial charge in [0.15, 0.2) is 16.3 Å². The Morgan fingerprint density at radius 3 is 2.65 bits per heavy atom. The lowest BCUT2D eigenvalue weighted by molar-refractivity contribution is 0.0603. The van der Waals surface area contributed by atoms with Gasteiger partial charge in [0.1, 0.15) is 10.4 Å². The zero-order valence-electron chi connectivity index (χ0n) is 14.1. The number of carbonyl (C=O) groups excluding carboxylic acids is 1. The van der Waals surface area contributed by atoms with E-state index in [1.807, 2.05) is 0 Å². The number of hydrogen-bond acceptors (Lipinski definition) is 8. The van der Waals surface area contributed by atoms with Crippen molar-refractivity contribution < 1.29 is 19.1 Å². The molecule has 0 spiro atoms. The van der Waals surface area contributed by atoms with E-state index in [9.17, 15) is 14.7 Å². The molecule has 0 saturated carbocycles. The number of rotatable bonds is 3. The van der Waals surface area contributed by atoms with E-state index >= 15 is 0 Å². The average molecular weight is 391 g/mol. The van der Waals surface area contributed by atoms with Crippen LogP contribution in [0.4, 0.5) is 5.88 Å². The van der Waals surface area contributed by atoms with E-state index in [4.69, 9.17) is 4.42 Å². The maximum absolute atomic E-state index is 12.5. The van der Waals surface area contributed by atoms with Gasteiger partial charge >= 0.3 is 5.97 Å². The smallest absolute Gasteiger partial charge is 0.351 e. The van der Waals surface area contributed by atoms with Crippen molar-refractivity contribution in [2.75, 3.05) is 25.1 Å². The third-order valence-electron chi connectivity index (χ3n) is 4.52. The number of hydrogen-bond donors (Lipinski definition) is 1. The van der Waals surface area contributed by atoms with Crippen molar-refractivity contribution in [3.63, 3.8) is 0 Å². The minimum Gasteiger partial charge on any atom is -0.505 e. The van der Waals surface area contributed by atoms with Crippen LogP contribution in [0.3, 0.4) is 0 Å². The van der Waals surface area contributed by atoms with E-state index in [2.05, 4.69) is 9.64 Å². The molecule has 4 rings (SSSR count). The van der Waals surface area contributed by atoms with E-state index in [0.717, 1.165) is 37.3 Å². The number of aromatic hydroxyl groups is 1. The molecule has 136 valence electrons. The number of fused-ring (bicyclic) bond motifs is 1. The normalized spacial score (nSPS) is 14.7. The summed E-state index contributed by atoms with van der Waals surface area (Å²) in [6.45, 7) is 1.73. The third kappa shape index (κ3) is 2.79. The summed E-state index contributed by atoms with van der Waals surface area (Å²) in [7, 11) is 1.27. The Kier molecular flexibility index (Phi) is 4.46. The quantitative estimate of drug-likeness (QED) is 0.678. The number of piperidine rings is 1. The molecule has 6 nitrogen and oxygen atoms in total. The highest BCUT2D eigenvalue weighted by Gasteiger charge is 2.23. The molecule has 3 aromatic heterocycles. The number of methoxy groups -OCH3 is 1. The van der Waals surface area contributed by atoms with E-state index in [1.54, 1.807) is 16.8 Å². The Morgan fingerprint density at radius 2 is 1.92 bits per heavy atom. The lowest BCUT2D eigenvalue weighted by Gasteiger charge is -2.26. The molecule has 4 heterocycles. The standard InChI is InChI=1S/C18H17NO5S2/c1-23-18(22)17-14(21)10(8-26-17)11-9-25-16-12(20)7-13(24-15(11)16)19-5-3-2-4-6-19/h7-9,21H,2-6H2,1H3. The van der Waals surface area contributed by atoms with Crippen LogP contribution >= 0.6 is 22.7 Å². The van der Waals surface area contributed by atoms with Gasteiger partial charge in [0.05, 0.1) is 7.11 Å². The molecule has 1 aliphatic rings. The Hall–Kier alpha value is -2.32. The van der Waals surface area contributed by atoms with Crippen molar-refractivity contribution in [2.24, 2.45) is 0 Å². The molecule has 0 radical (unpaired) electrons. The Morgan fingerprint density at radius 1 is 1.19 bits per heavy atom. The lowest BCUT2D eigenvalue weighted by Crippen LogP contribution is -2.29. The van der Waals surface area contributed by atoms with Gasteiger partial charge in [0.25, 0.3) is 0 Å². The van der Waals surface area contributed by atoms with Gasteiger partial charge in [0.2, 0.25) is 5.43 Å². The van der Waals surface area contributed by atoms with Gasteiger partial charge in [-0.2, -0.15) is 0 Å². The summed E-state index contributed by atoms with van der Waals surface area (Å²) in [6, 6.07) is 1.54. The summed E-state index contributed by atoms with van der Waals surface area (Å²) < 4.78 is 11.3.